The molecule has 0 aliphatic rings. The first-order valence-electron chi connectivity index (χ1n) is 13.4. The van der Waals surface area contributed by atoms with Gasteiger partial charge in [-0.05, 0) is 32.3 Å². The van der Waals surface area contributed by atoms with Crippen LogP contribution in [0.3, 0.4) is 0 Å². The van der Waals surface area contributed by atoms with E-state index < -0.39 is 12.6 Å². The molecule has 0 radical (unpaired) electrons. The van der Waals surface area contributed by atoms with Crippen LogP contribution >= 0.6 is 0 Å². The molecule has 43 heavy (non-hydrogen) atoms. The van der Waals surface area contributed by atoms with Gasteiger partial charge in [0.15, 0.2) is 6.61 Å². The molecule has 0 saturated heterocycles. The fraction of sp³-hybridized carbons (Fsp3) is 0.258. The Labute approximate surface area is 250 Å². The Hall–Kier alpha value is -5.41. The Bertz CT molecular complexity index is 1710. The maximum atomic E-state index is 12.9. The zero-order chi connectivity index (χ0) is 31.1. The molecule has 0 aliphatic heterocycles. The van der Waals surface area contributed by atoms with Gasteiger partial charge in [-0.2, -0.15) is 5.26 Å². The van der Waals surface area contributed by atoms with Crippen molar-refractivity contribution in [1.29, 1.82) is 5.26 Å². The number of fused-ring (bicyclic) bond motifs is 1. The number of aromatic nitrogens is 3. The van der Waals surface area contributed by atoms with Crippen molar-refractivity contribution in [2.75, 3.05) is 63.5 Å². The number of anilines is 4. The molecule has 2 aromatic heterocycles. The number of hydrogen-bond acceptors (Lipinski definition) is 10. The van der Waals surface area contributed by atoms with E-state index in [1.165, 1.54) is 12.3 Å². The molecular weight excluding hydrogens is 548 g/mol. The van der Waals surface area contributed by atoms with E-state index in [1.54, 1.807) is 13.2 Å². The second-order valence-corrected chi connectivity index (χ2v) is 9.97. The highest BCUT2D eigenvalue weighted by Gasteiger charge is 2.22. The summed E-state index contributed by atoms with van der Waals surface area (Å²) in [6, 6.07) is 13.1. The van der Waals surface area contributed by atoms with Gasteiger partial charge in [-0.15, -0.1) is 0 Å². The highest BCUT2D eigenvalue weighted by atomic mass is 16.5. The van der Waals surface area contributed by atoms with Gasteiger partial charge in [0.05, 0.1) is 29.9 Å². The number of nitrogens with one attached hydrogen (secondary N) is 2. The summed E-state index contributed by atoms with van der Waals surface area (Å²) in [6.07, 6.45) is 4.44. The molecule has 2 N–H and O–H groups in total. The number of nitriles is 1. The number of nitrogens with zero attached hydrogens (tertiary/aromatic N) is 6. The lowest BCUT2D eigenvalue weighted by molar-refractivity contribution is -0.111. The lowest BCUT2D eigenvalue weighted by Gasteiger charge is -2.26. The molecule has 1 amide bonds. The number of rotatable bonds is 12. The lowest BCUT2D eigenvalue weighted by Crippen LogP contribution is -2.29. The average Bonchev–Trinajstić information content (AvgIpc) is 3.34. The molecule has 0 saturated carbocycles. The van der Waals surface area contributed by atoms with Crippen LogP contribution in [0, 0.1) is 11.3 Å². The first-order chi connectivity index (χ1) is 20.7. The first kappa shape index (κ1) is 30.5. The van der Waals surface area contributed by atoms with Crippen molar-refractivity contribution in [3.8, 4) is 23.1 Å². The van der Waals surface area contributed by atoms with E-state index in [0.29, 0.717) is 34.9 Å². The summed E-state index contributed by atoms with van der Waals surface area (Å²) < 4.78 is 12.7. The van der Waals surface area contributed by atoms with Crippen molar-refractivity contribution in [3.63, 3.8) is 0 Å². The van der Waals surface area contributed by atoms with Gasteiger partial charge in [0.2, 0.25) is 11.9 Å². The molecule has 0 aliphatic carbocycles. The molecule has 12 nitrogen and oxygen atoms in total. The number of esters is 1. The molecule has 0 unspecified atom stereocenters. The number of ether oxygens (including phenoxy) is 2. The van der Waals surface area contributed by atoms with Crippen LogP contribution in [0.4, 0.5) is 23.0 Å². The van der Waals surface area contributed by atoms with Crippen molar-refractivity contribution in [1.82, 2.24) is 19.4 Å². The van der Waals surface area contributed by atoms with E-state index in [4.69, 9.17) is 19.7 Å². The van der Waals surface area contributed by atoms with E-state index in [-0.39, 0.29) is 17.4 Å². The van der Waals surface area contributed by atoms with E-state index in [2.05, 4.69) is 27.1 Å². The number of carbonyl (C=O) groups excluding carboxylic acids is 2. The van der Waals surface area contributed by atoms with Crippen LogP contribution < -0.4 is 20.3 Å². The van der Waals surface area contributed by atoms with E-state index in [9.17, 15) is 9.59 Å². The molecule has 222 valence electrons. The predicted molar refractivity (Wildman–Crippen MR) is 167 cm³/mol. The fourth-order valence-electron chi connectivity index (χ4n) is 4.53. The van der Waals surface area contributed by atoms with Gasteiger partial charge in [-0.3, -0.25) is 4.79 Å². The van der Waals surface area contributed by atoms with Gasteiger partial charge < -0.3 is 34.5 Å². The second kappa shape index (κ2) is 13.5. The molecular formula is C31H34N8O4. The molecule has 4 aromatic rings. The zero-order valence-corrected chi connectivity index (χ0v) is 24.8. The van der Waals surface area contributed by atoms with Crippen LogP contribution in [0.25, 0.3) is 22.2 Å². The quantitative estimate of drug-likeness (QED) is 0.185. The molecule has 4 rings (SSSR count). The van der Waals surface area contributed by atoms with Gasteiger partial charge in [0, 0.05) is 62.1 Å². The molecule has 2 heterocycles. The molecule has 0 spiro atoms. The molecule has 0 atom stereocenters. The summed E-state index contributed by atoms with van der Waals surface area (Å²) in [4.78, 5) is 38.4. The minimum atomic E-state index is -0.715. The third-order valence-corrected chi connectivity index (χ3v) is 6.73. The number of aryl methyl sites for hydroxylation is 1. The molecule has 0 fully saturated rings. The fourth-order valence-corrected chi connectivity index (χ4v) is 4.53. The number of carbonyl (C=O) groups is 2. The Morgan fingerprint density at radius 3 is 2.63 bits per heavy atom. The highest BCUT2D eigenvalue weighted by molar-refractivity contribution is 6.03. The SMILES string of the molecule is C=CC(=O)Nc1cc(Nc2ncc(C(=O)OCC#N)c(-c3cn(C)c4ccccc34)n2)c(OC)cc1N(C)CCN(C)C. The predicted octanol–water partition coefficient (Wildman–Crippen LogP) is 4.19. The molecule has 0 bridgehead atoms. The number of para-hydroxylation sites is 1. The summed E-state index contributed by atoms with van der Waals surface area (Å²) in [5, 5.41) is 15.9. The third-order valence-electron chi connectivity index (χ3n) is 6.73. The van der Waals surface area contributed by atoms with Crippen LogP contribution in [0.5, 0.6) is 5.75 Å². The summed E-state index contributed by atoms with van der Waals surface area (Å²) in [5.74, 6) is -0.426. The Morgan fingerprint density at radius 1 is 1.16 bits per heavy atom. The van der Waals surface area contributed by atoms with Crippen LogP contribution in [0.2, 0.25) is 0 Å². The molecule has 12 heteroatoms. The lowest BCUT2D eigenvalue weighted by atomic mass is 10.1. The van der Waals surface area contributed by atoms with Crippen molar-refractivity contribution in [2.24, 2.45) is 7.05 Å². The molecule has 2 aromatic carbocycles. The number of amides is 1. The summed E-state index contributed by atoms with van der Waals surface area (Å²) in [5.41, 5.74) is 3.83. The first-order valence-corrected chi connectivity index (χ1v) is 13.4. The van der Waals surface area contributed by atoms with Crippen molar-refractivity contribution in [3.05, 3.63) is 67.0 Å². The van der Waals surface area contributed by atoms with Gasteiger partial charge in [-0.25, -0.2) is 14.8 Å². The largest absolute Gasteiger partial charge is 0.494 e. The average molecular weight is 583 g/mol. The normalized spacial score (nSPS) is 10.7. The van der Waals surface area contributed by atoms with Crippen LogP contribution in [0.15, 0.2) is 61.4 Å². The second-order valence-electron chi connectivity index (χ2n) is 9.97. The van der Waals surface area contributed by atoms with Gasteiger partial charge in [0.25, 0.3) is 0 Å². The number of likely N-dealkylation sites (N-methyl/N-ethyl adjacent to an activating group) is 2. The van der Waals surface area contributed by atoms with Crippen molar-refractivity contribution in [2.45, 2.75) is 0 Å². The Balaban J connectivity index is 1.81. The van der Waals surface area contributed by atoms with Crippen molar-refractivity contribution >= 4 is 45.8 Å². The van der Waals surface area contributed by atoms with E-state index in [1.807, 2.05) is 80.3 Å². The minimum absolute atomic E-state index is 0.112. The van der Waals surface area contributed by atoms with Gasteiger partial charge in [-0.1, -0.05) is 24.8 Å². The van der Waals surface area contributed by atoms with E-state index >= 15 is 0 Å². The summed E-state index contributed by atoms with van der Waals surface area (Å²) in [6.45, 7) is 4.65. The monoisotopic (exact) mass is 582 g/mol. The number of methoxy groups -OCH3 is 1. The van der Waals surface area contributed by atoms with Gasteiger partial charge in [0.1, 0.15) is 17.4 Å². The maximum absolute atomic E-state index is 12.9. The smallest absolute Gasteiger partial charge is 0.342 e. The zero-order valence-electron chi connectivity index (χ0n) is 24.8. The minimum Gasteiger partial charge on any atom is -0.494 e. The number of benzene rings is 2. The van der Waals surface area contributed by atoms with Crippen LogP contribution in [-0.2, 0) is 16.6 Å². The van der Waals surface area contributed by atoms with Crippen LogP contribution in [-0.4, -0.2) is 79.3 Å². The van der Waals surface area contributed by atoms with Gasteiger partial charge >= 0.3 is 5.97 Å². The summed E-state index contributed by atoms with van der Waals surface area (Å²) in [7, 11) is 9.36. The number of hydrogen-bond donors (Lipinski definition) is 2. The summed E-state index contributed by atoms with van der Waals surface area (Å²) >= 11 is 0. The Morgan fingerprint density at radius 2 is 1.93 bits per heavy atom. The Kier molecular flexibility index (Phi) is 9.59. The standard InChI is InChI=1S/C31H34N8O4/c1-7-28(40)34-23-16-24(27(42-6)17-26(23)38(4)14-13-37(2)3)35-31-33-18-21(30(41)43-15-12-32)29(36-31)22-19-39(5)25-11-9-8-10-20(22)25/h7-11,16-19H,1,13-15H2,2-6H3,(H,34,40)(H,33,35,36). The highest BCUT2D eigenvalue weighted by Crippen LogP contribution is 2.38. The third kappa shape index (κ3) is 6.91. The topological polar surface area (TPSA) is 138 Å². The van der Waals surface area contributed by atoms with E-state index in [0.717, 1.165) is 23.1 Å². The maximum Gasteiger partial charge on any atom is 0.342 e. The van der Waals surface area contributed by atoms with Crippen LogP contribution in [0.1, 0.15) is 10.4 Å². The van der Waals surface area contributed by atoms with Crippen molar-refractivity contribution < 1.29 is 19.1 Å².